The quantitative estimate of drug-likeness (QED) is 0.365. The van der Waals surface area contributed by atoms with Gasteiger partial charge in [0.15, 0.2) is 0 Å². The molecule has 0 amide bonds. The van der Waals surface area contributed by atoms with E-state index >= 15 is 0 Å². The summed E-state index contributed by atoms with van der Waals surface area (Å²) in [6.07, 6.45) is 0.159. The van der Waals surface area contributed by atoms with E-state index in [1.54, 1.807) is 6.07 Å². The standard InChI is InChI=1S/C19H21IO4/c1-5-14-9-12(2)13(3)10-18(14)23-11-15-16(20)7-6-8-17(15)24-19(21)22-4/h6-10H,5,11H2,1-4H3. The molecule has 0 aliphatic rings. The predicted octanol–water partition coefficient (Wildman–Crippen LogP) is 5.19. The van der Waals surface area contributed by atoms with E-state index in [0.29, 0.717) is 12.4 Å². The monoisotopic (exact) mass is 440 g/mol. The highest BCUT2D eigenvalue weighted by Gasteiger charge is 2.14. The number of carbonyl (C=O) groups is 1. The van der Waals surface area contributed by atoms with Crippen LogP contribution in [0.1, 0.15) is 29.2 Å². The summed E-state index contributed by atoms with van der Waals surface area (Å²) >= 11 is 2.21. The molecule has 5 heteroatoms. The van der Waals surface area contributed by atoms with Crippen molar-refractivity contribution in [3.8, 4) is 11.5 Å². The fourth-order valence-electron chi connectivity index (χ4n) is 2.32. The molecule has 2 rings (SSSR count). The molecule has 0 saturated heterocycles. The Kier molecular flexibility index (Phi) is 6.48. The molecule has 0 saturated carbocycles. The van der Waals surface area contributed by atoms with Gasteiger partial charge in [0.2, 0.25) is 0 Å². The summed E-state index contributed by atoms with van der Waals surface area (Å²) in [5.41, 5.74) is 4.43. The average Bonchev–Trinajstić information content (AvgIpc) is 2.56. The normalized spacial score (nSPS) is 10.4. The van der Waals surface area contributed by atoms with Gasteiger partial charge in [0.05, 0.1) is 7.11 Å². The van der Waals surface area contributed by atoms with Crippen molar-refractivity contribution in [2.24, 2.45) is 0 Å². The van der Waals surface area contributed by atoms with Gasteiger partial charge in [-0.1, -0.05) is 19.1 Å². The Bertz CT molecular complexity index is 740. The van der Waals surface area contributed by atoms with Crippen molar-refractivity contribution in [3.63, 3.8) is 0 Å². The van der Waals surface area contributed by atoms with Crippen LogP contribution in [-0.4, -0.2) is 13.3 Å². The van der Waals surface area contributed by atoms with Crippen molar-refractivity contribution in [1.82, 2.24) is 0 Å². The van der Waals surface area contributed by atoms with E-state index in [0.717, 1.165) is 21.3 Å². The molecule has 2 aromatic carbocycles. The Balaban J connectivity index is 2.26. The molecule has 0 bridgehead atoms. The lowest BCUT2D eigenvalue weighted by Crippen LogP contribution is -2.11. The zero-order valence-corrected chi connectivity index (χ0v) is 16.5. The van der Waals surface area contributed by atoms with Crippen LogP contribution in [0.4, 0.5) is 4.79 Å². The van der Waals surface area contributed by atoms with E-state index in [2.05, 4.69) is 60.2 Å². The summed E-state index contributed by atoms with van der Waals surface area (Å²) in [5.74, 6) is 1.32. The number of methoxy groups -OCH3 is 1. The van der Waals surface area contributed by atoms with Gasteiger partial charge in [-0.3, -0.25) is 0 Å². The Morgan fingerprint density at radius 2 is 1.83 bits per heavy atom. The van der Waals surface area contributed by atoms with Crippen LogP contribution >= 0.6 is 22.6 Å². The van der Waals surface area contributed by atoms with Gasteiger partial charge in [0.25, 0.3) is 0 Å². The molecule has 4 nitrogen and oxygen atoms in total. The zero-order chi connectivity index (χ0) is 17.7. The number of hydrogen-bond donors (Lipinski definition) is 0. The van der Waals surface area contributed by atoms with Crippen molar-refractivity contribution in [2.45, 2.75) is 33.8 Å². The van der Waals surface area contributed by atoms with Gasteiger partial charge in [0, 0.05) is 9.13 Å². The first-order valence-electron chi connectivity index (χ1n) is 7.72. The first kappa shape index (κ1) is 18.6. The molecule has 0 fully saturated rings. The largest absolute Gasteiger partial charge is 0.513 e. The van der Waals surface area contributed by atoms with Crippen LogP contribution in [0, 0.1) is 17.4 Å². The third kappa shape index (κ3) is 4.41. The fourth-order valence-corrected chi connectivity index (χ4v) is 2.95. The maximum absolute atomic E-state index is 11.4. The molecule has 0 aromatic heterocycles. The topological polar surface area (TPSA) is 44.8 Å². The van der Waals surface area contributed by atoms with Gasteiger partial charge >= 0.3 is 6.16 Å². The second-order valence-corrected chi connectivity index (χ2v) is 6.62. The minimum atomic E-state index is -0.737. The average molecular weight is 440 g/mol. The number of ether oxygens (including phenoxy) is 3. The number of benzene rings is 2. The second kappa shape index (κ2) is 8.37. The van der Waals surface area contributed by atoms with Gasteiger partial charge < -0.3 is 14.2 Å². The number of halogens is 1. The van der Waals surface area contributed by atoms with Crippen LogP contribution in [0.3, 0.4) is 0 Å². The summed E-state index contributed by atoms with van der Waals surface area (Å²) in [4.78, 5) is 11.4. The van der Waals surface area contributed by atoms with Crippen molar-refractivity contribution in [2.75, 3.05) is 7.11 Å². The van der Waals surface area contributed by atoms with E-state index in [9.17, 15) is 4.79 Å². The molecule has 0 spiro atoms. The summed E-state index contributed by atoms with van der Waals surface area (Å²) in [6.45, 7) is 6.59. The van der Waals surface area contributed by atoms with Crippen molar-refractivity contribution in [3.05, 3.63) is 56.2 Å². The number of aryl methyl sites for hydroxylation is 3. The third-order valence-electron chi connectivity index (χ3n) is 3.87. The SMILES string of the molecule is CCc1cc(C)c(C)cc1OCc1c(I)cccc1OC(=O)OC. The summed E-state index contributed by atoms with van der Waals surface area (Å²) in [5, 5.41) is 0. The van der Waals surface area contributed by atoms with Crippen LogP contribution in [0.5, 0.6) is 11.5 Å². The Hall–Kier alpha value is -1.76. The first-order chi connectivity index (χ1) is 11.5. The lowest BCUT2D eigenvalue weighted by atomic mass is 10.0. The van der Waals surface area contributed by atoms with E-state index in [4.69, 9.17) is 9.47 Å². The lowest BCUT2D eigenvalue weighted by Gasteiger charge is -2.16. The van der Waals surface area contributed by atoms with Crippen LogP contribution in [0.25, 0.3) is 0 Å². The Morgan fingerprint density at radius 1 is 1.12 bits per heavy atom. The first-order valence-corrected chi connectivity index (χ1v) is 8.80. The lowest BCUT2D eigenvalue weighted by molar-refractivity contribution is 0.120. The number of hydrogen-bond acceptors (Lipinski definition) is 4. The molecule has 0 N–H and O–H groups in total. The molecule has 0 heterocycles. The molecule has 0 aliphatic carbocycles. The highest BCUT2D eigenvalue weighted by atomic mass is 127. The van der Waals surface area contributed by atoms with E-state index < -0.39 is 6.16 Å². The molecule has 24 heavy (non-hydrogen) atoms. The van der Waals surface area contributed by atoms with E-state index in [1.807, 2.05) is 12.1 Å². The number of rotatable bonds is 5. The summed E-state index contributed by atoms with van der Waals surface area (Å²) in [7, 11) is 1.29. The fraction of sp³-hybridized carbons (Fsp3) is 0.316. The van der Waals surface area contributed by atoms with Gasteiger partial charge in [0.1, 0.15) is 18.1 Å². The second-order valence-electron chi connectivity index (χ2n) is 5.46. The number of carbonyl (C=O) groups excluding carboxylic acids is 1. The molecule has 0 atom stereocenters. The van der Waals surface area contributed by atoms with Gasteiger partial charge in [-0.25, -0.2) is 4.79 Å². The van der Waals surface area contributed by atoms with Gasteiger partial charge in [-0.2, -0.15) is 0 Å². The Morgan fingerprint density at radius 3 is 2.50 bits per heavy atom. The third-order valence-corrected chi connectivity index (χ3v) is 4.88. The van der Waals surface area contributed by atoms with Crippen molar-refractivity contribution in [1.29, 1.82) is 0 Å². The summed E-state index contributed by atoms with van der Waals surface area (Å²) < 4.78 is 16.8. The molecule has 0 unspecified atom stereocenters. The minimum absolute atomic E-state index is 0.320. The van der Waals surface area contributed by atoms with Crippen LogP contribution < -0.4 is 9.47 Å². The molecular formula is C19H21IO4. The molecular weight excluding hydrogens is 419 g/mol. The van der Waals surface area contributed by atoms with Crippen LogP contribution in [-0.2, 0) is 17.8 Å². The molecule has 0 radical (unpaired) electrons. The van der Waals surface area contributed by atoms with E-state index in [-0.39, 0.29) is 0 Å². The van der Waals surface area contributed by atoms with Gasteiger partial charge in [-0.05, 0) is 77.7 Å². The van der Waals surface area contributed by atoms with Crippen molar-refractivity contribution >= 4 is 28.7 Å². The summed E-state index contributed by atoms with van der Waals surface area (Å²) in [6, 6.07) is 9.73. The highest BCUT2D eigenvalue weighted by molar-refractivity contribution is 14.1. The Labute approximate surface area is 156 Å². The highest BCUT2D eigenvalue weighted by Crippen LogP contribution is 2.29. The maximum atomic E-state index is 11.4. The molecule has 0 aliphatic heterocycles. The molecule has 2 aromatic rings. The minimum Gasteiger partial charge on any atom is -0.488 e. The van der Waals surface area contributed by atoms with Crippen LogP contribution in [0.15, 0.2) is 30.3 Å². The van der Waals surface area contributed by atoms with Crippen LogP contribution in [0.2, 0.25) is 0 Å². The predicted molar refractivity (Wildman–Crippen MR) is 102 cm³/mol. The van der Waals surface area contributed by atoms with Crippen molar-refractivity contribution < 1.29 is 19.0 Å². The maximum Gasteiger partial charge on any atom is 0.513 e. The van der Waals surface area contributed by atoms with E-state index in [1.165, 1.54) is 23.8 Å². The molecule has 128 valence electrons. The smallest absolute Gasteiger partial charge is 0.488 e. The zero-order valence-electron chi connectivity index (χ0n) is 14.3. The van der Waals surface area contributed by atoms with Gasteiger partial charge in [-0.15, -0.1) is 0 Å².